The number of rotatable bonds is 6. The van der Waals surface area contributed by atoms with Crippen LogP contribution in [0.25, 0.3) is 21.5 Å². The van der Waals surface area contributed by atoms with E-state index < -0.39 is 0 Å². The molecule has 46 heavy (non-hydrogen) atoms. The van der Waals surface area contributed by atoms with Crippen LogP contribution >= 0.6 is 11.6 Å². The highest BCUT2D eigenvalue weighted by atomic mass is 35.5. The topological polar surface area (TPSA) is 6.25 Å². The summed E-state index contributed by atoms with van der Waals surface area (Å²) in [6, 6.07) is 26.8. The van der Waals surface area contributed by atoms with Gasteiger partial charge in [0, 0.05) is 52.5 Å². The molecule has 1 aliphatic carbocycles. The Hall–Kier alpha value is -3.88. The van der Waals surface area contributed by atoms with Crippen molar-refractivity contribution in [3.63, 3.8) is 0 Å². The summed E-state index contributed by atoms with van der Waals surface area (Å²) in [7, 11) is 0. The van der Waals surface area contributed by atoms with E-state index in [1.165, 1.54) is 66.6 Å². The second-order valence-corrected chi connectivity index (χ2v) is 14.5. The van der Waals surface area contributed by atoms with Crippen molar-refractivity contribution in [2.45, 2.75) is 78.1 Å². The second-order valence-electron chi connectivity index (χ2n) is 14.2. The van der Waals surface area contributed by atoms with Gasteiger partial charge in [-0.2, -0.15) is 4.58 Å². The van der Waals surface area contributed by atoms with Crippen LogP contribution in [0, 0.1) is 0 Å². The largest absolute Gasteiger partial charge is 0.344 e. The molecule has 2 heterocycles. The number of nitrogens with zero attached hydrogens (tertiary/aromatic N) is 2. The first-order chi connectivity index (χ1) is 22.2. The molecule has 2 aliphatic heterocycles. The van der Waals surface area contributed by atoms with Crippen molar-refractivity contribution in [2.24, 2.45) is 0 Å². The maximum atomic E-state index is 7.26. The molecule has 0 N–H and O–H groups in total. The predicted molar refractivity (Wildman–Crippen MR) is 199 cm³/mol. The number of fused-ring (bicyclic) bond motifs is 6. The van der Waals surface area contributed by atoms with Crippen LogP contribution in [0.15, 0.2) is 119 Å². The van der Waals surface area contributed by atoms with Gasteiger partial charge in [-0.15, -0.1) is 0 Å². The van der Waals surface area contributed by atoms with Gasteiger partial charge >= 0.3 is 0 Å². The Morgan fingerprint density at radius 3 is 2.13 bits per heavy atom. The van der Waals surface area contributed by atoms with Gasteiger partial charge in [-0.3, -0.25) is 0 Å². The molecular weight excluding hydrogens is 580 g/mol. The van der Waals surface area contributed by atoms with Crippen LogP contribution in [0.2, 0.25) is 0 Å². The molecule has 0 fully saturated rings. The van der Waals surface area contributed by atoms with E-state index in [4.69, 9.17) is 11.6 Å². The van der Waals surface area contributed by atoms with Gasteiger partial charge in [0.05, 0.1) is 5.41 Å². The fourth-order valence-corrected chi connectivity index (χ4v) is 8.76. The summed E-state index contributed by atoms with van der Waals surface area (Å²) in [4.78, 5) is 2.49. The van der Waals surface area contributed by atoms with Crippen molar-refractivity contribution in [3.8, 4) is 0 Å². The summed E-state index contributed by atoms with van der Waals surface area (Å²) in [6.45, 7) is 16.0. The molecule has 0 amide bonds. The van der Waals surface area contributed by atoms with Gasteiger partial charge in [-0.05, 0) is 96.5 Å². The third-order valence-electron chi connectivity index (χ3n) is 10.6. The molecule has 2 nitrogen and oxygen atoms in total. The van der Waals surface area contributed by atoms with Crippen molar-refractivity contribution >= 4 is 50.2 Å². The molecule has 0 atom stereocenters. The first-order valence-electron chi connectivity index (χ1n) is 17.1. The van der Waals surface area contributed by atoms with E-state index >= 15 is 0 Å². The van der Waals surface area contributed by atoms with E-state index in [0.29, 0.717) is 0 Å². The molecule has 234 valence electrons. The monoisotopic (exact) mass is 625 g/mol. The summed E-state index contributed by atoms with van der Waals surface area (Å²) >= 11 is 7.26. The van der Waals surface area contributed by atoms with E-state index in [-0.39, 0.29) is 10.8 Å². The Kier molecular flexibility index (Phi) is 7.84. The summed E-state index contributed by atoms with van der Waals surface area (Å²) in [6.07, 6.45) is 13.5. The maximum Gasteiger partial charge on any atom is 0.210 e. The lowest BCUT2D eigenvalue weighted by atomic mass is 9.78. The van der Waals surface area contributed by atoms with Crippen molar-refractivity contribution < 1.29 is 4.58 Å². The fourth-order valence-electron chi connectivity index (χ4n) is 8.44. The van der Waals surface area contributed by atoms with Crippen LogP contribution in [0.5, 0.6) is 0 Å². The number of halogens is 1. The average Bonchev–Trinajstić information content (AvgIpc) is 3.42. The highest BCUT2D eigenvalue weighted by molar-refractivity contribution is 6.32. The zero-order chi connectivity index (χ0) is 32.2. The van der Waals surface area contributed by atoms with E-state index in [9.17, 15) is 0 Å². The Morgan fingerprint density at radius 1 is 0.761 bits per heavy atom. The lowest BCUT2D eigenvalue weighted by Crippen LogP contribution is -2.28. The van der Waals surface area contributed by atoms with Gasteiger partial charge in [0.15, 0.2) is 5.71 Å². The summed E-state index contributed by atoms with van der Waals surface area (Å²) in [5.74, 6) is 0. The van der Waals surface area contributed by atoms with Gasteiger partial charge < -0.3 is 4.90 Å². The minimum atomic E-state index is -0.108. The van der Waals surface area contributed by atoms with Crippen LogP contribution in [0.3, 0.4) is 0 Å². The average molecular weight is 626 g/mol. The predicted octanol–water partition coefficient (Wildman–Crippen LogP) is 11.6. The molecule has 0 spiro atoms. The van der Waals surface area contributed by atoms with Gasteiger partial charge in [0.25, 0.3) is 0 Å². The number of anilines is 1. The van der Waals surface area contributed by atoms with Gasteiger partial charge in [0.1, 0.15) is 6.54 Å². The number of allylic oxidation sites excluding steroid dienone is 8. The lowest BCUT2D eigenvalue weighted by molar-refractivity contribution is -0.437. The maximum absolute atomic E-state index is 7.26. The first kappa shape index (κ1) is 30.8. The molecular formula is C43H46ClN2+. The van der Waals surface area contributed by atoms with E-state index in [1.807, 2.05) is 0 Å². The highest BCUT2D eigenvalue weighted by Crippen LogP contribution is 2.51. The van der Waals surface area contributed by atoms with Crippen LogP contribution < -0.4 is 4.90 Å². The molecule has 7 rings (SSSR count). The molecule has 0 bridgehead atoms. The molecule has 4 aromatic carbocycles. The first-order valence-corrected chi connectivity index (χ1v) is 17.5. The van der Waals surface area contributed by atoms with Gasteiger partial charge in [-0.1, -0.05) is 99.1 Å². The number of likely N-dealkylation sites (N-methyl/N-ethyl adjacent to an activating group) is 1. The molecule has 4 aromatic rings. The number of hydrogen-bond donors (Lipinski definition) is 0. The van der Waals surface area contributed by atoms with Gasteiger partial charge in [-0.25, -0.2) is 0 Å². The summed E-state index contributed by atoms with van der Waals surface area (Å²) < 4.78 is 2.54. The minimum absolute atomic E-state index is 0.108. The zero-order valence-electron chi connectivity index (χ0n) is 28.3. The Bertz CT molecular complexity index is 2030. The molecule has 0 aromatic heterocycles. The Morgan fingerprint density at radius 2 is 1.43 bits per heavy atom. The summed E-state index contributed by atoms with van der Waals surface area (Å²) in [5, 5.41) is 6.23. The highest BCUT2D eigenvalue weighted by Gasteiger charge is 2.45. The van der Waals surface area contributed by atoms with Crippen molar-refractivity contribution in [1.29, 1.82) is 0 Å². The van der Waals surface area contributed by atoms with E-state index in [1.54, 1.807) is 0 Å². The Labute approximate surface area is 280 Å². The Balaban J connectivity index is 1.25. The van der Waals surface area contributed by atoms with Crippen LogP contribution in [-0.4, -0.2) is 23.4 Å². The standard InChI is InChI=1S/C43H46ClN2/c1-7-28-46-36-25-21-30-15-10-12-19-34(30)40(36)43(5,6)38(46)27-23-32-17-13-16-31(41(32)44)22-26-37-42(3,4)39-33-18-11-9-14-29(33)20-24-35(39)45(37)8-2/h9-12,14-15,18-27H,7-8,13,16-17,28H2,1-6H3/q+1. The number of hydrogen-bond acceptors (Lipinski definition) is 1. The van der Waals surface area contributed by atoms with Crippen LogP contribution in [0.1, 0.15) is 78.4 Å². The van der Waals surface area contributed by atoms with Crippen molar-refractivity contribution in [1.82, 2.24) is 0 Å². The third-order valence-corrected chi connectivity index (χ3v) is 11.1. The van der Waals surface area contributed by atoms with Crippen molar-refractivity contribution in [2.75, 3.05) is 18.0 Å². The van der Waals surface area contributed by atoms with E-state index in [2.05, 4.69) is 148 Å². The lowest BCUT2D eigenvalue weighted by Gasteiger charge is -2.26. The number of benzene rings is 4. The van der Waals surface area contributed by atoms with Crippen molar-refractivity contribution in [3.05, 3.63) is 130 Å². The zero-order valence-corrected chi connectivity index (χ0v) is 29.0. The van der Waals surface area contributed by atoms with Gasteiger partial charge in [0.2, 0.25) is 5.69 Å². The normalized spacial score (nSPS) is 20.6. The second kappa shape index (κ2) is 11.7. The minimum Gasteiger partial charge on any atom is -0.344 e. The SMILES string of the molecule is CCC[N+]1=C(/C=C/C2=C(Cl)C(=C/C=C3/N(CC)c4ccc5ccccc5c4C3(C)C)/CCC2)C(C)(C)c2c1ccc1ccccc21. The molecule has 0 unspecified atom stereocenters. The molecule has 3 heteroatoms. The fraction of sp³-hybridized carbons (Fsp3) is 0.326. The molecule has 0 saturated carbocycles. The quantitative estimate of drug-likeness (QED) is 0.193. The molecule has 0 saturated heterocycles. The molecule has 0 radical (unpaired) electrons. The third kappa shape index (κ3) is 4.80. The summed E-state index contributed by atoms with van der Waals surface area (Å²) in [5.41, 5.74) is 10.5. The van der Waals surface area contributed by atoms with E-state index in [0.717, 1.165) is 43.8 Å². The van der Waals surface area contributed by atoms with Crippen LogP contribution in [-0.2, 0) is 10.8 Å². The molecule has 3 aliphatic rings. The van der Waals surface area contributed by atoms with Crippen LogP contribution in [0.4, 0.5) is 11.4 Å². The smallest absolute Gasteiger partial charge is 0.210 e.